The summed E-state index contributed by atoms with van der Waals surface area (Å²) in [5.74, 6) is 0.870. The number of carbonyl (C=O) groups excluding carboxylic acids is 1. The van der Waals surface area contributed by atoms with E-state index in [1.165, 1.54) is 16.9 Å². The highest BCUT2D eigenvalue weighted by Gasteiger charge is 2.28. The first-order valence-electron chi connectivity index (χ1n) is 9.90. The third-order valence-corrected chi connectivity index (χ3v) is 7.86. The van der Waals surface area contributed by atoms with Crippen LogP contribution in [-0.2, 0) is 6.42 Å². The summed E-state index contributed by atoms with van der Waals surface area (Å²) in [4.78, 5) is 13.8. The van der Waals surface area contributed by atoms with E-state index in [9.17, 15) is 4.79 Å². The van der Waals surface area contributed by atoms with Gasteiger partial charge in [-0.1, -0.05) is 46.3 Å². The van der Waals surface area contributed by atoms with Crippen LogP contribution in [0.15, 0.2) is 87.8 Å². The summed E-state index contributed by atoms with van der Waals surface area (Å²) < 4.78 is 4.03. The molecule has 0 saturated carbocycles. The number of pyridine rings is 1. The second-order valence-corrected chi connectivity index (χ2v) is 10.5. The molecule has 2 heterocycles. The number of hydrogen-bond donors (Lipinski definition) is 1. The number of hydrogen-bond acceptors (Lipinski definition) is 4. The highest BCUT2D eigenvalue weighted by atomic mass is 79.9. The lowest BCUT2D eigenvalue weighted by molar-refractivity contribution is -0.597. The molecule has 0 saturated heterocycles. The Bertz CT molecular complexity index is 1200. The van der Waals surface area contributed by atoms with Crippen molar-refractivity contribution in [3.05, 3.63) is 105 Å². The first kappa shape index (κ1) is 21.8. The smallest absolute Gasteiger partial charge is 0.259 e. The molecule has 2 N–H and O–H groups in total. The molecule has 2 aromatic heterocycles. The van der Waals surface area contributed by atoms with Crippen LogP contribution in [0.25, 0.3) is 5.69 Å². The van der Waals surface area contributed by atoms with E-state index in [4.69, 9.17) is 5.73 Å². The summed E-state index contributed by atoms with van der Waals surface area (Å²) in [6.45, 7) is 2.05. The summed E-state index contributed by atoms with van der Waals surface area (Å²) in [7, 11) is 0. The Morgan fingerprint density at radius 3 is 2.52 bits per heavy atom. The quantitative estimate of drug-likeness (QED) is 0.182. The normalized spacial score (nSPS) is 10.9. The highest BCUT2D eigenvalue weighted by molar-refractivity contribution is 9.10. The zero-order valence-corrected chi connectivity index (χ0v) is 20.3. The number of halogens is 1. The van der Waals surface area contributed by atoms with Crippen molar-refractivity contribution in [3.8, 4) is 5.69 Å². The molecular formula is C25H22BrN2OS2+. The maximum atomic E-state index is 13.2. The van der Waals surface area contributed by atoms with Crippen LogP contribution in [0.1, 0.15) is 26.4 Å². The van der Waals surface area contributed by atoms with Gasteiger partial charge < -0.3 is 5.73 Å². The Labute approximate surface area is 199 Å². The molecule has 0 atom stereocenters. The van der Waals surface area contributed by atoms with E-state index < -0.39 is 0 Å². The van der Waals surface area contributed by atoms with Gasteiger partial charge in [0.15, 0.2) is 12.4 Å². The van der Waals surface area contributed by atoms with Crippen LogP contribution in [0, 0.1) is 6.92 Å². The number of rotatable bonds is 7. The van der Waals surface area contributed by atoms with Crippen LogP contribution in [0.2, 0.25) is 0 Å². The van der Waals surface area contributed by atoms with Gasteiger partial charge >= 0.3 is 0 Å². The first-order chi connectivity index (χ1) is 15.0. The Morgan fingerprint density at radius 2 is 1.81 bits per heavy atom. The maximum Gasteiger partial charge on any atom is 0.259 e. The van der Waals surface area contributed by atoms with Crippen LogP contribution in [-0.4, -0.2) is 11.5 Å². The Balaban J connectivity index is 1.69. The number of aryl methyl sites for hydroxylation is 2. The minimum absolute atomic E-state index is 0.0422. The predicted molar refractivity (Wildman–Crippen MR) is 133 cm³/mol. The fraction of sp³-hybridized carbons (Fsp3) is 0.120. The van der Waals surface area contributed by atoms with Gasteiger partial charge in [0.05, 0.1) is 0 Å². The predicted octanol–water partition coefficient (Wildman–Crippen LogP) is 6.24. The topological polar surface area (TPSA) is 47.0 Å². The van der Waals surface area contributed by atoms with Gasteiger partial charge in [0, 0.05) is 27.4 Å². The van der Waals surface area contributed by atoms with Crippen molar-refractivity contribution < 1.29 is 9.36 Å². The number of nitrogens with two attached hydrogens (primary N) is 1. The molecule has 6 heteroatoms. The number of thioether (sulfide) groups is 1. The molecule has 4 rings (SSSR count). The standard InChI is InChI=1S/C25H21BrN2OS2/c1-17-6-5-14-28(16-17)22-21(27)24(23(29)19-9-11-20(26)12-10-19)31-25(22)30-15-13-18-7-3-2-4-8-18/h2-12,14,16H,13,15H2,1H3,(H-,27,29)/p+1. The summed E-state index contributed by atoms with van der Waals surface area (Å²) in [6, 6.07) is 21.9. The molecule has 0 bridgehead atoms. The Hall–Kier alpha value is -2.41. The minimum atomic E-state index is -0.0422. The largest absolute Gasteiger partial charge is 0.392 e. The molecule has 0 aliphatic rings. The Morgan fingerprint density at radius 1 is 1.06 bits per heavy atom. The third kappa shape index (κ3) is 5.09. The van der Waals surface area contributed by atoms with Crippen molar-refractivity contribution in [2.45, 2.75) is 17.6 Å². The average Bonchev–Trinajstić information content (AvgIpc) is 3.10. The number of thiophene rings is 1. The van der Waals surface area contributed by atoms with Crippen LogP contribution in [0.4, 0.5) is 5.69 Å². The number of anilines is 1. The lowest BCUT2D eigenvalue weighted by atomic mass is 10.1. The summed E-state index contributed by atoms with van der Waals surface area (Å²) in [6.07, 6.45) is 4.99. The van der Waals surface area contributed by atoms with Crippen molar-refractivity contribution in [2.24, 2.45) is 0 Å². The summed E-state index contributed by atoms with van der Waals surface area (Å²) in [5.41, 5.74) is 11.1. The number of carbonyl (C=O) groups is 1. The van der Waals surface area contributed by atoms with E-state index in [1.807, 2.05) is 53.4 Å². The van der Waals surface area contributed by atoms with Crippen molar-refractivity contribution in [1.29, 1.82) is 0 Å². The molecule has 2 aromatic carbocycles. The van der Waals surface area contributed by atoms with Gasteiger partial charge in [-0.3, -0.25) is 4.79 Å². The minimum Gasteiger partial charge on any atom is -0.392 e. The molecule has 0 radical (unpaired) electrons. The number of nitrogen functional groups attached to an aromatic ring is 1. The van der Waals surface area contributed by atoms with Gasteiger partial charge in [-0.05, 0) is 49.2 Å². The number of benzene rings is 2. The monoisotopic (exact) mass is 509 g/mol. The molecule has 0 aliphatic carbocycles. The molecule has 156 valence electrons. The number of ketones is 1. The van der Waals surface area contributed by atoms with Crippen LogP contribution < -0.4 is 10.3 Å². The summed E-state index contributed by atoms with van der Waals surface area (Å²) in [5, 5.41) is 0. The zero-order valence-electron chi connectivity index (χ0n) is 17.0. The molecule has 31 heavy (non-hydrogen) atoms. The number of aromatic nitrogens is 1. The SMILES string of the molecule is Cc1ccc[n+](-c2c(SCCc3ccccc3)sc(C(=O)c3ccc(Br)cc3)c2N)c1. The van der Waals surface area contributed by atoms with Crippen molar-refractivity contribution in [2.75, 3.05) is 11.5 Å². The molecule has 0 fully saturated rings. The van der Waals surface area contributed by atoms with E-state index in [-0.39, 0.29) is 5.78 Å². The van der Waals surface area contributed by atoms with Gasteiger partial charge in [-0.2, -0.15) is 4.57 Å². The van der Waals surface area contributed by atoms with Crippen molar-refractivity contribution >= 4 is 50.5 Å². The lowest BCUT2D eigenvalue weighted by Crippen LogP contribution is -2.31. The van der Waals surface area contributed by atoms with E-state index in [0.29, 0.717) is 16.1 Å². The molecule has 0 aliphatic heterocycles. The van der Waals surface area contributed by atoms with Gasteiger partial charge in [0.1, 0.15) is 14.8 Å². The first-order valence-corrected chi connectivity index (χ1v) is 12.5. The van der Waals surface area contributed by atoms with Gasteiger partial charge in [-0.25, -0.2) is 0 Å². The van der Waals surface area contributed by atoms with E-state index in [2.05, 4.69) is 53.2 Å². The highest BCUT2D eigenvalue weighted by Crippen LogP contribution is 2.40. The van der Waals surface area contributed by atoms with Gasteiger partial charge in [0.25, 0.3) is 5.69 Å². The van der Waals surface area contributed by atoms with Crippen LogP contribution in [0.3, 0.4) is 0 Å². The van der Waals surface area contributed by atoms with Crippen LogP contribution in [0.5, 0.6) is 0 Å². The second-order valence-electron chi connectivity index (χ2n) is 7.19. The fourth-order valence-electron chi connectivity index (χ4n) is 3.30. The molecule has 0 spiro atoms. The average molecular weight is 511 g/mol. The fourth-order valence-corrected chi connectivity index (χ4v) is 6.09. The second kappa shape index (κ2) is 9.81. The Kier molecular flexibility index (Phi) is 6.90. The summed E-state index contributed by atoms with van der Waals surface area (Å²) >= 11 is 6.66. The van der Waals surface area contributed by atoms with E-state index in [1.54, 1.807) is 11.8 Å². The number of nitrogens with zero attached hydrogens (tertiary/aromatic N) is 1. The van der Waals surface area contributed by atoms with Crippen LogP contribution >= 0.6 is 39.0 Å². The molecular weight excluding hydrogens is 488 g/mol. The van der Waals surface area contributed by atoms with Gasteiger partial charge in [-0.15, -0.1) is 23.1 Å². The zero-order chi connectivity index (χ0) is 21.8. The van der Waals surface area contributed by atoms with E-state index in [0.717, 1.165) is 32.1 Å². The van der Waals surface area contributed by atoms with E-state index >= 15 is 0 Å². The van der Waals surface area contributed by atoms with Crippen molar-refractivity contribution in [1.82, 2.24) is 0 Å². The third-order valence-electron chi connectivity index (χ3n) is 4.87. The maximum absolute atomic E-state index is 13.2. The molecule has 0 amide bonds. The molecule has 3 nitrogen and oxygen atoms in total. The van der Waals surface area contributed by atoms with Crippen molar-refractivity contribution in [3.63, 3.8) is 0 Å². The molecule has 4 aromatic rings. The van der Waals surface area contributed by atoms with Gasteiger partial charge in [0.2, 0.25) is 5.78 Å². The molecule has 0 unspecified atom stereocenters. The lowest BCUT2D eigenvalue weighted by Gasteiger charge is -2.02.